The van der Waals surface area contributed by atoms with E-state index in [0.717, 1.165) is 11.1 Å². The van der Waals surface area contributed by atoms with Crippen molar-refractivity contribution in [1.29, 1.82) is 0 Å². The molecule has 1 aromatic carbocycles. The zero-order valence-corrected chi connectivity index (χ0v) is 12.2. The molecule has 1 heterocycles. The molecule has 3 N–H and O–H groups in total. The Kier molecular flexibility index (Phi) is 4.59. The number of ether oxygens (including phenoxy) is 1. The molecule has 0 spiro atoms. The summed E-state index contributed by atoms with van der Waals surface area (Å²) in [6, 6.07) is 7.20. The standard InChI is InChI=1S/C15H19N3O3/c1-3-18-14(13(16)10(2)17-18)15(20)21-9-12-6-4-11(8-19)5-7-12/h4-7,19H,3,8-9,16H2,1-2H3. The summed E-state index contributed by atoms with van der Waals surface area (Å²) in [6.45, 7) is 4.33. The predicted octanol–water partition coefficient (Wildman–Crippen LogP) is 1.64. The van der Waals surface area contributed by atoms with Crippen LogP contribution < -0.4 is 5.73 Å². The number of aryl methyl sites for hydroxylation is 2. The van der Waals surface area contributed by atoms with Gasteiger partial charge in [-0.25, -0.2) is 4.79 Å². The van der Waals surface area contributed by atoms with Gasteiger partial charge in [-0.1, -0.05) is 24.3 Å². The summed E-state index contributed by atoms with van der Waals surface area (Å²) in [5.74, 6) is -0.485. The van der Waals surface area contributed by atoms with Gasteiger partial charge in [0.05, 0.1) is 18.0 Å². The van der Waals surface area contributed by atoms with Gasteiger partial charge < -0.3 is 15.6 Å². The first-order valence-corrected chi connectivity index (χ1v) is 6.75. The first kappa shape index (κ1) is 15.1. The summed E-state index contributed by atoms with van der Waals surface area (Å²) in [6.07, 6.45) is 0. The number of nitrogen functional groups attached to an aromatic ring is 1. The molecule has 0 radical (unpaired) electrons. The Morgan fingerprint density at radius 2 is 1.95 bits per heavy atom. The lowest BCUT2D eigenvalue weighted by molar-refractivity contribution is 0.0459. The molecule has 0 atom stereocenters. The van der Waals surface area contributed by atoms with Crippen LogP contribution in [-0.2, 0) is 24.5 Å². The van der Waals surface area contributed by atoms with E-state index in [-0.39, 0.29) is 13.2 Å². The van der Waals surface area contributed by atoms with Gasteiger partial charge in [-0.2, -0.15) is 5.10 Å². The Balaban J connectivity index is 2.07. The van der Waals surface area contributed by atoms with Crippen molar-refractivity contribution in [3.05, 3.63) is 46.8 Å². The largest absolute Gasteiger partial charge is 0.456 e. The molecule has 0 fully saturated rings. The third-order valence-corrected chi connectivity index (χ3v) is 3.24. The maximum atomic E-state index is 12.2. The zero-order chi connectivity index (χ0) is 15.4. The number of anilines is 1. The summed E-state index contributed by atoms with van der Waals surface area (Å²) >= 11 is 0. The molecule has 0 bridgehead atoms. The van der Waals surface area contributed by atoms with E-state index in [4.69, 9.17) is 15.6 Å². The van der Waals surface area contributed by atoms with Crippen LogP contribution in [-0.4, -0.2) is 20.9 Å². The molecule has 0 aliphatic heterocycles. The Bertz CT molecular complexity index is 632. The van der Waals surface area contributed by atoms with Gasteiger partial charge in [0.2, 0.25) is 0 Å². The molecule has 0 aliphatic carbocycles. The topological polar surface area (TPSA) is 90.4 Å². The van der Waals surface area contributed by atoms with Crippen molar-refractivity contribution in [2.75, 3.05) is 5.73 Å². The van der Waals surface area contributed by atoms with Gasteiger partial charge in [0, 0.05) is 6.54 Å². The number of aromatic nitrogens is 2. The van der Waals surface area contributed by atoms with Gasteiger partial charge in [-0.3, -0.25) is 4.68 Å². The monoisotopic (exact) mass is 289 g/mol. The summed E-state index contributed by atoms with van der Waals surface area (Å²) in [7, 11) is 0. The Morgan fingerprint density at radius 3 is 2.52 bits per heavy atom. The molecule has 21 heavy (non-hydrogen) atoms. The molecule has 6 nitrogen and oxygen atoms in total. The summed E-state index contributed by atoms with van der Waals surface area (Å²) in [5.41, 5.74) is 8.81. The van der Waals surface area contributed by atoms with Gasteiger partial charge in [-0.15, -0.1) is 0 Å². The van der Waals surface area contributed by atoms with Crippen LogP contribution in [0.1, 0.15) is 34.2 Å². The fourth-order valence-corrected chi connectivity index (χ4v) is 2.00. The number of esters is 1. The molecule has 0 amide bonds. The van der Waals surface area contributed by atoms with Gasteiger partial charge in [0.1, 0.15) is 6.61 Å². The number of aliphatic hydroxyl groups excluding tert-OH is 1. The van der Waals surface area contributed by atoms with E-state index in [1.165, 1.54) is 0 Å². The Hall–Kier alpha value is -2.34. The van der Waals surface area contributed by atoms with Gasteiger partial charge >= 0.3 is 5.97 Å². The second-order valence-electron chi connectivity index (χ2n) is 4.71. The number of carbonyl (C=O) groups excluding carboxylic acids is 1. The normalized spacial score (nSPS) is 10.6. The highest BCUT2D eigenvalue weighted by atomic mass is 16.5. The SMILES string of the molecule is CCn1nc(C)c(N)c1C(=O)OCc1ccc(CO)cc1. The van der Waals surface area contributed by atoms with E-state index >= 15 is 0 Å². The Labute approximate surface area is 123 Å². The first-order chi connectivity index (χ1) is 10.1. The lowest BCUT2D eigenvalue weighted by Crippen LogP contribution is -2.14. The van der Waals surface area contributed by atoms with Crippen LogP contribution in [0.4, 0.5) is 5.69 Å². The number of hydrogen-bond acceptors (Lipinski definition) is 5. The second-order valence-corrected chi connectivity index (χ2v) is 4.71. The molecule has 0 saturated carbocycles. The first-order valence-electron chi connectivity index (χ1n) is 6.75. The molecule has 2 aromatic rings. The summed E-state index contributed by atoms with van der Waals surface area (Å²) < 4.78 is 6.83. The smallest absolute Gasteiger partial charge is 0.359 e. The molecule has 0 aliphatic rings. The van der Waals surface area contributed by atoms with Crippen molar-refractivity contribution >= 4 is 11.7 Å². The van der Waals surface area contributed by atoms with Crippen molar-refractivity contribution in [1.82, 2.24) is 9.78 Å². The van der Waals surface area contributed by atoms with Gasteiger partial charge in [0.25, 0.3) is 0 Å². The van der Waals surface area contributed by atoms with E-state index in [1.807, 2.05) is 19.1 Å². The highest BCUT2D eigenvalue weighted by Crippen LogP contribution is 2.18. The lowest BCUT2D eigenvalue weighted by atomic mass is 10.1. The fraction of sp³-hybridized carbons (Fsp3) is 0.333. The fourth-order valence-electron chi connectivity index (χ4n) is 2.00. The molecule has 2 rings (SSSR count). The number of nitrogens with zero attached hydrogens (tertiary/aromatic N) is 2. The molecule has 0 saturated heterocycles. The molecule has 0 unspecified atom stereocenters. The predicted molar refractivity (Wildman–Crippen MR) is 78.5 cm³/mol. The maximum Gasteiger partial charge on any atom is 0.359 e. The molecule has 1 aromatic heterocycles. The lowest BCUT2D eigenvalue weighted by Gasteiger charge is -2.07. The van der Waals surface area contributed by atoms with Crippen molar-refractivity contribution < 1.29 is 14.6 Å². The third-order valence-electron chi connectivity index (χ3n) is 3.24. The highest BCUT2D eigenvalue weighted by Gasteiger charge is 2.20. The number of aliphatic hydroxyl groups is 1. The number of nitrogens with two attached hydrogens (primary N) is 1. The van der Waals surface area contributed by atoms with Crippen LogP contribution in [0.3, 0.4) is 0 Å². The average Bonchev–Trinajstić information content (AvgIpc) is 2.80. The Morgan fingerprint density at radius 1 is 1.33 bits per heavy atom. The molecular formula is C15H19N3O3. The number of rotatable bonds is 5. The van der Waals surface area contributed by atoms with E-state index in [1.54, 1.807) is 23.7 Å². The van der Waals surface area contributed by atoms with Crippen LogP contribution in [0, 0.1) is 6.92 Å². The molecule has 6 heteroatoms. The summed E-state index contributed by atoms with van der Waals surface area (Å²) in [5, 5.41) is 13.2. The molecule has 112 valence electrons. The quantitative estimate of drug-likeness (QED) is 0.817. The van der Waals surface area contributed by atoms with E-state index in [9.17, 15) is 4.79 Å². The van der Waals surface area contributed by atoms with Crippen LogP contribution in [0.2, 0.25) is 0 Å². The second kappa shape index (κ2) is 6.41. The maximum absolute atomic E-state index is 12.2. The van der Waals surface area contributed by atoms with Crippen molar-refractivity contribution in [3.63, 3.8) is 0 Å². The summed E-state index contributed by atoms with van der Waals surface area (Å²) in [4.78, 5) is 12.2. The van der Waals surface area contributed by atoms with E-state index in [2.05, 4.69) is 5.10 Å². The highest BCUT2D eigenvalue weighted by molar-refractivity contribution is 5.93. The minimum atomic E-state index is -0.485. The van der Waals surface area contributed by atoms with E-state index in [0.29, 0.717) is 23.6 Å². The van der Waals surface area contributed by atoms with Crippen LogP contribution in [0.5, 0.6) is 0 Å². The van der Waals surface area contributed by atoms with Crippen molar-refractivity contribution in [2.24, 2.45) is 0 Å². The molecular weight excluding hydrogens is 270 g/mol. The van der Waals surface area contributed by atoms with Crippen molar-refractivity contribution in [2.45, 2.75) is 33.6 Å². The van der Waals surface area contributed by atoms with Crippen LogP contribution >= 0.6 is 0 Å². The third kappa shape index (κ3) is 3.22. The van der Waals surface area contributed by atoms with E-state index < -0.39 is 5.97 Å². The van der Waals surface area contributed by atoms with Crippen LogP contribution in [0.25, 0.3) is 0 Å². The average molecular weight is 289 g/mol. The van der Waals surface area contributed by atoms with Crippen molar-refractivity contribution in [3.8, 4) is 0 Å². The zero-order valence-electron chi connectivity index (χ0n) is 12.2. The van der Waals surface area contributed by atoms with Gasteiger partial charge in [-0.05, 0) is 25.0 Å². The van der Waals surface area contributed by atoms with Gasteiger partial charge in [0.15, 0.2) is 5.69 Å². The number of carbonyl (C=O) groups is 1. The number of hydrogen-bond donors (Lipinski definition) is 2. The number of benzene rings is 1. The van der Waals surface area contributed by atoms with Crippen LogP contribution in [0.15, 0.2) is 24.3 Å². The minimum Gasteiger partial charge on any atom is -0.456 e. The minimum absolute atomic E-state index is 0.00837.